The Labute approximate surface area is 178 Å². The van der Waals surface area contributed by atoms with E-state index in [2.05, 4.69) is 34.4 Å². The third kappa shape index (κ3) is 3.82. The predicted octanol–water partition coefficient (Wildman–Crippen LogP) is 2.92. The van der Waals surface area contributed by atoms with Gasteiger partial charge in [0.2, 0.25) is 5.91 Å². The van der Waals surface area contributed by atoms with Crippen LogP contribution in [0.4, 0.5) is 5.69 Å². The quantitative estimate of drug-likeness (QED) is 0.473. The molecule has 0 saturated carbocycles. The summed E-state index contributed by atoms with van der Waals surface area (Å²) >= 11 is 1.59. The monoisotopic (exact) mass is 423 g/mol. The van der Waals surface area contributed by atoms with Crippen LogP contribution >= 0.6 is 11.3 Å². The first-order valence-corrected chi connectivity index (χ1v) is 11.1. The van der Waals surface area contributed by atoms with Crippen LogP contribution in [0, 0.1) is 0 Å². The Morgan fingerprint density at radius 3 is 2.70 bits per heavy atom. The number of nitrogens with one attached hydrogen (secondary N) is 1. The average molecular weight is 424 g/mol. The Bertz CT molecular complexity index is 1230. The van der Waals surface area contributed by atoms with Gasteiger partial charge in [-0.05, 0) is 36.6 Å². The Hall–Kier alpha value is -3.13. The van der Waals surface area contributed by atoms with E-state index in [0.717, 1.165) is 28.3 Å². The zero-order valence-electron chi connectivity index (χ0n) is 17.2. The van der Waals surface area contributed by atoms with Crippen molar-refractivity contribution in [1.82, 2.24) is 19.5 Å². The molecule has 3 heterocycles. The van der Waals surface area contributed by atoms with Gasteiger partial charge in [-0.3, -0.25) is 14.0 Å². The number of para-hydroxylation sites is 1. The molecule has 1 aromatic carbocycles. The average Bonchev–Trinajstić information content (AvgIpc) is 3.36. The van der Waals surface area contributed by atoms with Crippen LogP contribution in [0.1, 0.15) is 19.7 Å². The number of aromatic nitrogens is 3. The maximum absolute atomic E-state index is 12.9. The van der Waals surface area contributed by atoms with E-state index in [-0.39, 0.29) is 18.0 Å². The number of carbonyl (C=O) groups excluding carboxylic acids is 1. The molecule has 0 saturated heterocycles. The van der Waals surface area contributed by atoms with E-state index < -0.39 is 0 Å². The van der Waals surface area contributed by atoms with Gasteiger partial charge < -0.3 is 10.2 Å². The molecule has 0 unspecified atom stereocenters. The molecule has 7 nitrogen and oxygen atoms in total. The van der Waals surface area contributed by atoms with Crippen LogP contribution in [0.2, 0.25) is 0 Å². The highest BCUT2D eigenvalue weighted by Crippen LogP contribution is 2.24. The molecule has 30 heavy (non-hydrogen) atoms. The molecule has 0 bridgehead atoms. The van der Waals surface area contributed by atoms with Gasteiger partial charge >= 0.3 is 0 Å². The lowest BCUT2D eigenvalue weighted by Crippen LogP contribution is -2.39. The number of carbonyl (C=O) groups is 1. The SMILES string of the molecule is CCc1nn(CC(=O)NCCN(CC)c2ccccc2)c(=O)c2cc3sccc3n12. The van der Waals surface area contributed by atoms with E-state index in [1.165, 1.54) is 4.68 Å². The van der Waals surface area contributed by atoms with Gasteiger partial charge in [0.25, 0.3) is 5.56 Å². The van der Waals surface area contributed by atoms with Crippen molar-refractivity contribution in [2.45, 2.75) is 26.8 Å². The van der Waals surface area contributed by atoms with Gasteiger partial charge in [0.05, 0.1) is 10.2 Å². The molecule has 1 N–H and O–H groups in total. The van der Waals surface area contributed by atoms with Crippen LogP contribution in [0.5, 0.6) is 0 Å². The number of hydrogen-bond donors (Lipinski definition) is 1. The summed E-state index contributed by atoms with van der Waals surface area (Å²) in [4.78, 5) is 27.6. The Balaban J connectivity index is 1.46. The minimum atomic E-state index is -0.245. The number of likely N-dealkylation sites (N-methyl/N-ethyl adjacent to an activating group) is 1. The molecule has 0 aliphatic heterocycles. The molecule has 0 radical (unpaired) electrons. The van der Waals surface area contributed by atoms with Crippen molar-refractivity contribution >= 4 is 38.7 Å². The standard InChI is InChI=1S/C22H25N5O2S/c1-3-20-24-26(22(29)18-14-19-17(27(18)20)10-13-30-19)15-21(28)23-11-12-25(4-2)16-8-6-5-7-9-16/h5-10,13-14H,3-4,11-12,15H2,1-2H3,(H,23,28). The van der Waals surface area contributed by atoms with Crippen LogP contribution in [0.25, 0.3) is 15.7 Å². The highest BCUT2D eigenvalue weighted by molar-refractivity contribution is 7.17. The molecule has 1 amide bonds. The molecule has 0 aliphatic rings. The fourth-order valence-corrected chi connectivity index (χ4v) is 4.49. The zero-order chi connectivity index (χ0) is 21.1. The van der Waals surface area contributed by atoms with E-state index in [1.807, 2.05) is 47.0 Å². The van der Waals surface area contributed by atoms with Crippen LogP contribution in [0.15, 0.2) is 52.6 Å². The largest absolute Gasteiger partial charge is 0.370 e. The van der Waals surface area contributed by atoms with Crippen molar-refractivity contribution in [3.8, 4) is 0 Å². The number of thiophene rings is 1. The number of nitrogens with zero attached hydrogens (tertiary/aromatic N) is 4. The van der Waals surface area contributed by atoms with Crippen molar-refractivity contribution in [2.75, 3.05) is 24.5 Å². The smallest absolute Gasteiger partial charge is 0.291 e. The predicted molar refractivity (Wildman–Crippen MR) is 122 cm³/mol. The number of amides is 1. The van der Waals surface area contributed by atoms with Gasteiger partial charge in [0, 0.05) is 31.7 Å². The first-order valence-electron chi connectivity index (χ1n) is 10.2. The summed E-state index contributed by atoms with van der Waals surface area (Å²) in [5.74, 6) is 0.556. The van der Waals surface area contributed by atoms with Crippen LogP contribution in [-0.4, -0.2) is 39.7 Å². The van der Waals surface area contributed by atoms with Crippen molar-refractivity contribution in [1.29, 1.82) is 0 Å². The first-order chi connectivity index (χ1) is 14.6. The van der Waals surface area contributed by atoms with Gasteiger partial charge in [0.1, 0.15) is 17.9 Å². The Morgan fingerprint density at radius 2 is 1.97 bits per heavy atom. The fourth-order valence-electron chi connectivity index (χ4n) is 3.69. The number of fused-ring (bicyclic) bond motifs is 3. The first kappa shape index (κ1) is 20.2. The second-order valence-electron chi connectivity index (χ2n) is 7.03. The Kier molecular flexibility index (Phi) is 5.85. The third-order valence-corrected chi connectivity index (χ3v) is 6.04. The van der Waals surface area contributed by atoms with E-state index in [4.69, 9.17) is 0 Å². The number of rotatable bonds is 8. The molecular weight excluding hydrogens is 398 g/mol. The van der Waals surface area contributed by atoms with Gasteiger partial charge in [0.15, 0.2) is 0 Å². The number of hydrogen-bond acceptors (Lipinski definition) is 5. The van der Waals surface area contributed by atoms with Crippen LogP contribution < -0.4 is 15.8 Å². The molecule has 8 heteroatoms. The summed E-state index contributed by atoms with van der Waals surface area (Å²) in [6.45, 7) is 6.05. The van der Waals surface area contributed by atoms with Crippen LogP contribution in [0.3, 0.4) is 0 Å². The van der Waals surface area contributed by atoms with Crippen molar-refractivity contribution in [3.05, 3.63) is 64.0 Å². The molecule has 156 valence electrons. The topological polar surface area (TPSA) is 71.6 Å². The molecule has 4 aromatic rings. The fraction of sp³-hybridized carbons (Fsp3) is 0.318. The van der Waals surface area contributed by atoms with Gasteiger partial charge in [-0.2, -0.15) is 5.10 Å². The van der Waals surface area contributed by atoms with Crippen molar-refractivity contribution in [3.63, 3.8) is 0 Å². The number of aryl methyl sites for hydroxylation is 1. The minimum Gasteiger partial charge on any atom is -0.370 e. The van der Waals surface area contributed by atoms with Gasteiger partial charge in [-0.15, -0.1) is 11.3 Å². The normalized spacial score (nSPS) is 11.3. The summed E-state index contributed by atoms with van der Waals surface area (Å²) < 4.78 is 4.23. The molecule has 0 fully saturated rings. The van der Waals surface area contributed by atoms with Crippen molar-refractivity contribution in [2.24, 2.45) is 0 Å². The number of anilines is 1. The number of benzene rings is 1. The van der Waals surface area contributed by atoms with E-state index in [9.17, 15) is 9.59 Å². The summed E-state index contributed by atoms with van der Waals surface area (Å²) in [5.41, 5.74) is 2.44. The van der Waals surface area contributed by atoms with Crippen LogP contribution in [-0.2, 0) is 17.8 Å². The lowest BCUT2D eigenvalue weighted by Gasteiger charge is -2.23. The molecule has 0 aliphatic carbocycles. The lowest BCUT2D eigenvalue weighted by atomic mass is 10.3. The van der Waals surface area contributed by atoms with Crippen molar-refractivity contribution < 1.29 is 4.79 Å². The van der Waals surface area contributed by atoms with E-state index in [1.54, 1.807) is 11.3 Å². The summed E-state index contributed by atoms with van der Waals surface area (Å²) in [5, 5.41) is 9.39. The minimum absolute atomic E-state index is 0.0847. The highest BCUT2D eigenvalue weighted by atomic mass is 32.1. The van der Waals surface area contributed by atoms with Gasteiger partial charge in [-0.25, -0.2) is 4.68 Å². The maximum Gasteiger partial charge on any atom is 0.291 e. The third-order valence-electron chi connectivity index (χ3n) is 5.19. The van der Waals surface area contributed by atoms with Gasteiger partial charge in [-0.1, -0.05) is 25.1 Å². The van der Waals surface area contributed by atoms with E-state index >= 15 is 0 Å². The maximum atomic E-state index is 12.9. The molecule has 3 aromatic heterocycles. The summed E-state index contributed by atoms with van der Waals surface area (Å²) in [6, 6.07) is 14.0. The van der Waals surface area contributed by atoms with E-state index in [0.29, 0.717) is 25.0 Å². The summed E-state index contributed by atoms with van der Waals surface area (Å²) in [6.07, 6.45) is 0.667. The highest BCUT2D eigenvalue weighted by Gasteiger charge is 2.16. The lowest BCUT2D eigenvalue weighted by molar-refractivity contribution is -0.121. The second-order valence-corrected chi connectivity index (χ2v) is 7.98. The second kappa shape index (κ2) is 8.71. The zero-order valence-corrected chi connectivity index (χ0v) is 18.0. The molecule has 0 atom stereocenters. The summed E-state index contributed by atoms with van der Waals surface area (Å²) in [7, 11) is 0. The molecule has 4 rings (SSSR count). The molecule has 0 spiro atoms. The molecular formula is C22H25N5O2S. The Morgan fingerprint density at radius 1 is 1.17 bits per heavy atom.